The van der Waals surface area contributed by atoms with Crippen LogP contribution in [0.2, 0.25) is 5.02 Å². The Hall–Kier alpha value is -1.59. The fourth-order valence-electron chi connectivity index (χ4n) is 1.51. The molecule has 0 saturated carbocycles. The van der Waals surface area contributed by atoms with Gasteiger partial charge in [-0.15, -0.1) is 0 Å². The average Bonchev–Trinajstić information content (AvgIpc) is 2.44. The highest BCUT2D eigenvalue weighted by molar-refractivity contribution is 7.99. The molecular formula is C14H14ClN3OS. The number of thioether (sulfide) groups is 1. The predicted molar refractivity (Wildman–Crippen MR) is 80.8 cm³/mol. The van der Waals surface area contributed by atoms with Gasteiger partial charge in [0.1, 0.15) is 0 Å². The van der Waals surface area contributed by atoms with E-state index in [2.05, 4.69) is 15.3 Å². The van der Waals surface area contributed by atoms with Gasteiger partial charge < -0.3 is 5.32 Å². The molecule has 0 aliphatic carbocycles. The molecule has 0 unspecified atom stereocenters. The molecule has 0 aliphatic rings. The third-order valence-electron chi connectivity index (χ3n) is 2.54. The summed E-state index contributed by atoms with van der Waals surface area (Å²) < 4.78 is 0. The first-order valence-electron chi connectivity index (χ1n) is 6.07. The van der Waals surface area contributed by atoms with Crippen LogP contribution in [0.15, 0.2) is 41.7 Å². The van der Waals surface area contributed by atoms with Crippen LogP contribution in [0.5, 0.6) is 0 Å². The van der Waals surface area contributed by atoms with Crippen molar-refractivity contribution in [2.75, 3.05) is 5.75 Å². The van der Waals surface area contributed by atoms with Crippen LogP contribution in [0, 0.1) is 6.92 Å². The lowest BCUT2D eigenvalue weighted by Crippen LogP contribution is -2.24. The predicted octanol–water partition coefficient (Wildman–Crippen LogP) is 2.85. The minimum Gasteiger partial charge on any atom is -0.351 e. The zero-order valence-corrected chi connectivity index (χ0v) is 12.5. The molecular weight excluding hydrogens is 294 g/mol. The molecule has 1 amide bonds. The maximum Gasteiger partial charge on any atom is 0.230 e. The molecule has 0 aliphatic heterocycles. The summed E-state index contributed by atoms with van der Waals surface area (Å²) in [6.07, 6.45) is 1.69. The summed E-state index contributed by atoms with van der Waals surface area (Å²) in [6, 6.07) is 9.26. The number of nitrogens with one attached hydrogen (secondary N) is 1. The maximum absolute atomic E-state index is 11.8. The number of carbonyl (C=O) groups excluding carboxylic acids is 1. The Morgan fingerprint density at radius 3 is 2.90 bits per heavy atom. The van der Waals surface area contributed by atoms with Crippen molar-refractivity contribution < 1.29 is 4.79 Å². The van der Waals surface area contributed by atoms with E-state index in [1.165, 1.54) is 11.8 Å². The lowest BCUT2D eigenvalue weighted by atomic mass is 10.2. The Balaban J connectivity index is 1.80. The minimum absolute atomic E-state index is 0.0694. The topological polar surface area (TPSA) is 54.9 Å². The van der Waals surface area contributed by atoms with Crippen LogP contribution in [-0.4, -0.2) is 21.6 Å². The standard InChI is InChI=1S/C14H14ClN3OS/c1-10-6-7-16-14(18-10)20-9-13(19)17-8-11-4-2-3-5-12(11)15/h2-7H,8-9H2,1H3,(H,17,19). The summed E-state index contributed by atoms with van der Waals surface area (Å²) in [4.78, 5) is 20.1. The summed E-state index contributed by atoms with van der Waals surface area (Å²) >= 11 is 7.34. The third-order valence-corrected chi connectivity index (χ3v) is 3.77. The van der Waals surface area contributed by atoms with Gasteiger partial charge in [0.05, 0.1) is 5.75 Å². The molecule has 20 heavy (non-hydrogen) atoms. The van der Waals surface area contributed by atoms with Gasteiger partial charge in [-0.1, -0.05) is 41.6 Å². The Kier molecular flexibility index (Phi) is 5.38. The summed E-state index contributed by atoms with van der Waals surface area (Å²) in [7, 11) is 0. The van der Waals surface area contributed by atoms with E-state index < -0.39 is 0 Å². The van der Waals surface area contributed by atoms with Gasteiger partial charge in [-0.25, -0.2) is 9.97 Å². The number of aryl methyl sites for hydroxylation is 1. The van der Waals surface area contributed by atoms with E-state index in [4.69, 9.17) is 11.6 Å². The van der Waals surface area contributed by atoms with Crippen molar-refractivity contribution in [2.45, 2.75) is 18.6 Å². The summed E-state index contributed by atoms with van der Waals surface area (Å²) in [5.74, 6) is 0.216. The number of hydrogen-bond donors (Lipinski definition) is 1. The van der Waals surface area contributed by atoms with Gasteiger partial charge >= 0.3 is 0 Å². The quantitative estimate of drug-likeness (QED) is 0.682. The second-order valence-electron chi connectivity index (χ2n) is 4.14. The van der Waals surface area contributed by atoms with E-state index in [1.54, 1.807) is 12.3 Å². The van der Waals surface area contributed by atoms with Crippen LogP contribution in [0.3, 0.4) is 0 Å². The molecule has 0 radical (unpaired) electrons. The van der Waals surface area contributed by atoms with E-state index in [0.29, 0.717) is 16.7 Å². The Morgan fingerprint density at radius 1 is 1.35 bits per heavy atom. The smallest absolute Gasteiger partial charge is 0.230 e. The zero-order chi connectivity index (χ0) is 14.4. The Bertz CT molecular complexity index is 606. The van der Waals surface area contributed by atoms with E-state index in [0.717, 1.165) is 11.3 Å². The van der Waals surface area contributed by atoms with Crippen molar-refractivity contribution in [3.05, 3.63) is 52.8 Å². The second kappa shape index (κ2) is 7.26. The second-order valence-corrected chi connectivity index (χ2v) is 5.49. The summed E-state index contributed by atoms with van der Waals surface area (Å²) in [6.45, 7) is 2.32. The molecule has 104 valence electrons. The van der Waals surface area contributed by atoms with E-state index in [9.17, 15) is 4.79 Å². The van der Waals surface area contributed by atoms with Gasteiger partial charge in [0, 0.05) is 23.5 Å². The van der Waals surface area contributed by atoms with Crippen molar-refractivity contribution in [1.29, 1.82) is 0 Å². The summed E-state index contributed by atoms with van der Waals surface area (Å²) in [5, 5.41) is 4.09. The van der Waals surface area contributed by atoms with Crippen LogP contribution in [-0.2, 0) is 11.3 Å². The van der Waals surface area contributed by atoms with Gasteiger partial charge in [0.15, 0.2) is 5.16 Å². The highest BCUT2D eigenvalue weighted by Crippen LogP contribution is 2.15. The first kappa shape index (κ1) is 14.8. The van der Waals surface area contributed by atoms with Crippen LogP contribution in [0.1, 0.15) is 11.3 Å². The average molecular weight is 308 g/mol. The van der Waals surface area contributed by atoms with E-state index in [-0.39, 0.29) is 11.7 Å². The van der Waals surface area contributed by atoms with E-state index in [1.807, 2.05) is 31.2 Å². The number of aromatic nitrogens is 2. The van der Waals surface area contributed by atoms with Crippen LogP contribution >= 0.6 is 23.4 Å². The minimum atomic E-state index is -0.0694. The van der Waals surface area contributed by atoms with Crippen molar-refractivity contribution in [3.63, 3.8) is 0 Å². The normalized spacial score (nSPS) is 10.3. The number of halogens is 1. The van der Waals surface area contributed by atoms with Crippen molar-refractivity contribution in [2.24, 2.45) is 0 Å². The van der Waals surface area contributed by atoms with Crippen molar-refractivity contribution in [3.8, 4) is 0 Å². The number of rotatable bonds is 5. The molecule has 2 aromatic rings. The molecule has 0 fully saturated rings. The van der Waals surface area contributed by atoms with Gasteiger partial charge in [0.2, 0.25) is 5.91 Å². The molecule has 0 atom stereocenters. The number of nitrogens with zero attached hydrogens (tertiary/aromatic N) is 2. The molecule has 6 heteroatoms. The van der Waals surface area contributed by atoms with Crippen LogP contribution in [0.25, 0.3) is 0 Å². The van der Waals surface area contributed by atoms with E-state index >= 15 is 0 Å². The highest BCUT2D eigenvalue weighted by atomic mass is 35.5. The van der Waals surface area contributed by atoms with Gasteiger partial charge in [-0.2, -0.15) is 0 Å². The largest absolute Gasteiger partial charge is 0.351 e. The maximum atomic E-state index is 11.8. The zero-order valence-electron chi connectivity index (χ0n) is 11.0. The lowest BCUT2D eigenvalue weighted by Gasteiger charge is -2.06. The molecule has 0 bridgehead atoms. The lowest BCUT2D eigenvalue weighted by molar-refractivity contribution is -0.118. The molecule has 1 aromatic carbocycles. The monoisotopic (exact) mass is 307 g/mol. The molecule has 4 nitrogen and oxygen atoms in total. The molecule has 2 rings (SSSR count). The number of hydrogen-bond acceptors (Lipinski definition) is 4. The third kappa shape index (κ3) is 4.51. The summed E-state index contributed by atoms with van der Waals surface area (Å²) in [5.41, 5.74) is 1.79. The Morgan fingerprint density at radius 2 is 2.15 bits per heavy atom. The number of carbonyl (C=O) groups is 1. The van der Waals surface area contributed by atoms with Gasteiger partial charge in [-0.3, -0.25) is 4.79 Å². The molecule has 0 saturated heterocycles. The highest BCUT2D eigenvalue weighted by Gasteiger charge is 2.06. The Labute approximate surface area is 127 Å². The first-order valence-corrected chi connectivity index (χ1v) is 7.44. The fraction of sp³-hybridized carbons (Fsp3) is 0.214. The molecule has 0 spiro atoms. The first-order chi connectivity index (χ1) is 9.65. The molecule has 1 heterocycles. The van der Waals surface area contributed by atoms with Crippen LogP contribution < -0.4 is 5.32 Å². The number of benzene rings is 1. The van der Waals surface area contributed by atoms with Crippen molar-refractivity contribution >= 4 is 29.3 Å². The van der Waals surface area contributed by atoms with Crippen LogP contribution in [0.4, 0.5) is 0 Å². The number of amides is 1. The SMILES string of the molecule is Cc1ccnc(SCC(=O)NCc2ccccc2Cl)n1. The van der Waals surface area contributed by atoms with Gasteiger partial charge in [0.25, 0.3) is 0 Å². The molecule has 1 aromatic heterocycles. The fourth-order valence-corrected chi connectivity index (χ4v) is 2.42. The molecule has 1 N–H and O–H groups in total. The van der Waals surface area contributed by atoms with Crippen molar-refractivity contribution in [1.82, 2.24) is 15.3 Å². The van der Waals surface area contributed by atoms with Gasteiger partial charge in [-0.05, 0) is 24.6 Å².